The van der Waals surface area contributed by atoms with Crippen LogP contribution in [-0.2, 0) is 21.4 Å². The Balaban J connectivity index is 1.56. The second-order valence-corrected chi connectivity index (χ2v) is 10.0. The fourth-order valence-corrected chi connectivity index (χ4v) is 6.20. The van der Waals surface area contributed by atoms with E-state index in [0.29, 0.717) is 42.4 Å². The molecule has 0 radical (unpaired) electrons. The van der Waals surface area contributed by atoms with Crippen molar-refractivity contribution in [2.45, 2.75) is 24.7 Å². The minimum absolute atomic E-state index is 0.0320. The van der Waals surface area contributed by atoms with Gasteiger partial charge >= 0.3 is 0 Å². The van der Waals surface area contributed by atoms with E-state index in [2.05, 4.69) is 12.1 Å². The summed E-state index contributed by atoms with van der Waals surface area (Å²) in [5, 5.41) is 1.33. The lowest BCUT2D eigenvalue weighted by Gasteiger charge is -2.45. The number of amides is 1. The lowest BCUT2D eigenvalue weighted by Crippen LogP contribution is -2.47. The lowest BCUT2D eigenvalue weighted by molar-refractivity contribution is -0.129. The van der Waals surface area contributed by atoms with Crippen molar-refractivity contribution in [3.63, 3.8) is 0 Å². The third-order valence-corrected chi connectivity index (χ3v) is 7.83. The highest BCUT2D eigenvalue weighted by Crippen LogP contribution is 2.53. The molecule has 0 N–H and O–H groups in total. The summed E-state index contributed by atoms with van der Waals surface area (Å²) < 4.78 is 0. The van der Waals surface area contributed by atoms with Gasteiger partial charge in [0, 0.05) is 46.8 Å². The molecule has 5 rings (SSSR count). The summed E-state index contributed by atoms with van der Waals surface area (Å²) in [6.07, 6.45) is 1.49. The second-order valence-electron chi connectivity index (χ2n) is 9.13. The summed E-state index contributed by atoms with van der Waals surface area (Å²) in [6, 6.07) is 25.6. The lowest BCUT2D eigenvalue weighted by atomic mass is 9.56. The molecular weight excluding hydrogens is 453 g/mol. The van der Waals surface area contributed by atoms with Crippen LogP contribution in [0.5, 0.6) is 0 Å². The predicted octanol–water partition coefficient (Wildman–Crippen LogP) is 5.96. The maximum Gasteiger partial charge on any atom is 0.227 e. The molecule has 1 amide bonds. The largest absolute Gasteiger partial charge is 0.341 e. The van der Waals surface area contributed by atoms with Crippen molar-refractivity contribution in [1.29, 1.82) is 0 Å². The number of hydrogen-bond acceptors (Lipinski definition) is 2. The number of carbonyl (C=O) groups is 2. The number of ketones is 1. The average molecular weight is 478 g/mol. The van der Waals surface area contributed by atoms with Gasteiger partial charge in [-0.05, 0) is 47.4 Å². The number of likely N-dealkylation sites (tertiary alicyclic amines) is 1. The molecule has 1 saturated heterocycles. The Hall–Kier alpha value is -2.62. The highest BCUT2D eigenvalue weighted by atomic mass is 35.5. The first-order valence-electron chi connectivity index (χ1n) is 11.3. The fourth-order valence-electron chi connectivity index (χ4n) is 5.82. The fraction of sp³-hybridized carbons (Fsp3) is 0.286. The monoisotopic (exact) mass is 477 g/mol. The number of halogens is 2. The maximum atomic E-state index is 13.2. The quantitative estimate of drug-likeness (QED) is 0.464. The molecule has 2 aliphatic rings. The molecule has 2 unspecified atom stereocenters. The van der Waals surface area contributed by atoms with Crippen LogP contribution in [0.2, 0.25) is 10.0 Å². The Morgan fingerprint density at radius 1 is 0.879 bits per heavy atom. The van der Waals surface area contributed by atoms with Gasteiger partial charge in [0.15, 0.2) is 0 Å². The molecule has 5 heteroatoms. The van der Waals surface area contributed by atoms with E-state index in [4.69, 9.17) is 23.2 Å². The van der Waals surface area contributed by atoms with Crippen molar-refractivity contribution in [1.82, 2.24) is 4.90 Å². The standard InChI is InChI=1S/C28H25Cl2NO2/c29-22-10-4-8-20(15-22)28(21-9-5-11-23(30)16-21)13-12-26(32)24-17-31(18-25(24)28)27(33)14-19-6-2-1-3-7-19/h1-11,15-16,24-25H,12-14,17-18H2. The number of Topliss-reactive ketones (excluding diaryl/α,β-unsaturated/α-hetero) is 1. The summed E-state index contributed by atoms with van der Waals surface area (Å²) >= 11 is 12.9. The minimum atomic E-state index is -0.434. The molecule has 3 nitrogen and oxygen atoms in total. The summed E-state index contributed by atoms with van der Waals surface area (Å²) in [7, 11) is 0. The van der Waals surface area contributed by atoms with Crippen LogP contribution in [0.3, 0.4) is 0 Å². The van der Waals surface area contributed by atoms with Crippen molar-refractivity contribution in [3.05, 3.63) is 106 Å². The third kappa shape index (κ3) is 4.09. The Morgan fingerprint density at radius 2 is 1.52 bits per heavy atom. The van der Waals surface area contributed by atoms with Gasteiger partial charge < -0.3 is 4.90 Å². The Bertz CT molecular complexity index is 1150. The van der Waals surface area contributed by atoms with Gasteiger partial charge in [0.25, 0.3) is 0 Å². The Kier molecular flexibility index (Phi) is 6.03. The summed E-state index contributed by atoms with van der Waals surface area (Å²) in [5.41, 5.74) is 2.71. The van der Waals surface area contributed by atoms with E-state index in [9.17, 15) is 9.59 Å². The number of hydrogen-bond donors (Lipinski definition) is 0. The highest BCUT2D eigenvalue weighted by molar-refractivity contribution is 6.31. The molecule has 1 aliphatic carbocycles. The van der Waals surface area contributed by atoms with Crippen LogP contribution >= 0.6 is 23.2 Å². The van der Waals surface area contributed by atoms with Gasteiger partial charge in [0.1, 0.15) is 5.78 Å². The van der Waals surface area contributed by atoms with Gasteiger partial charge in [0.05, 0.1) is 6.42 Å². The summed E-state index contributed by atoms with van der Waals surface area (Å²) in [4.78, 5) is 28.2. The van der Waals surface area contributed by atoms with Crippen LogP contribution in [0.15, 0.2) is 78.9 Å². The van der Waals surface area contributed by atoms with E-state index in [1.54, 1.807) is 0 Å². The molecule has 0 spiro atoms. The van der Waals surface area contributed by atoms with Gasteiger partial charge in [-0.1, -0.05) is 77.8 Å². The molecule has 0 aromatic heterocycles. The first-order chi connectivity index (χ1) is 16.0. The Labute approximate surface area is 204 Å². The van der Waals surface area contributed by atoms with E-state index in [1.165, 1.54) is 0 Å². The van der Waals surface area contributed by atoms with Crippen LogP contribution in [0.25, 0.3) is 0 Å². The van der Waals surface area contributed by atoms with Crippen molar-refractivity contribution in [3.8, 4) is 0 Å². The topological polar surface area (TPSA) is 37.4 Å². The molecule has 168 valence electrons. The van der Waals surface area contributed by atoms with Gasteiger partial charge in [0.2, 0.25) is 5.91 Å². The molecule has 3 aromatic rings. The number of fused-ring (bicyclic) bond motifs is 1. The predicted molar refractivity (Wildman–Crippen MR) is 132 cm³/mol. The van der Waals surface area contributed by atoms with E-state index in [1.807, 2.05) is 71.6 Å². The van der Waals surface area contributed by atoms with Crippen LogP contribution in [0.1, 0.15) is 29.5 Å². The zero-order valence-electron chi connectivity index (χ0n) is 18.2. The Morgan fingerprint density at radius 3 is 2.12 bits per heavy atom. The smallest absolute Gasteiger partial charge is 0.227 e. The number of carbonyl (C=O) groups excluding carboxylic acids is 2. The van der Waals surface area contributed by atoms with E-state index in [0.717, 1.165) is 16.7 Å². The first kappa shape index (κ1) is 22.2. The van der Waals surface area contributed by atoms with Crippen molar-refractivity contribution < 1.29 is 9.59 Å². The zero-order chi connectivity index (χ0) is 23.0. The second kappa shape index (κ2) is 8.96. The molecule has 33 heavy (non-hydrogen) atoms. The zero-order valence-corrected chi connectivity index (χ0v) is 19.7. The normalized spacial score (nSPS) is 21.6. The molecular formula is C28H25Cl2NO2. The number of benzene rings is 3. The van der Waals surface area contributed by atoms with Gasteiger partial charge in [-0.3, -0.25) is 9.59 Å². The first-order valence-corrected chi connectivity index (χ1v) is 12.1. The average Bonchev–Trinajstić information content (AvgIpc) is 3.27. The van der Waals surface area contributed by atoms with Gasteiger partial charge in [-0.2, -0.15) is 0 Å². The molecule has 2 fully saturated rings. The highest BCUT2D eigenvalue weighted by Gasteiger charge is 2.55. The molecule has 1 saturated carbocycles. The van der Waals surface area contributed by atoms with E-state index < -0.39 is 5.41 Å². The summed E-state index contributed by atoms with van der Waals surface area (Å²) in [6.45, 7) is 1.01. The number of nitrogens with zero attached hydrogens (tertiary/aromatic N) is 1. The van der Waals surface area contributed by atoms with Crippen LogP contribution in [-0.4, -0.2) is 29.7 Å². The molecule has 0 bridgehead atoms. The molecule has 2 atom stereocenters. The van der Waals surface area contributed by atoms with Crippen LogP contribution < -0.4 is 0 Å². The van der Waals surface area contributed by atoms with Crippen molar-refractivity contribution >= 4 is 34.9 Å². The van der Waals surface area contributed by atoms with Crippen LogP contribution in [0, 0.1) is 11.8 Å². The van der Waals surface area contributed by atoms with Gasteiger partial charge in [-0.15, -0.1) is 0 Å². The number of rotatable bonds is 4. The van der Waals surface area contributed by atoms with Crippen molar-refractivity contribution in [2.24, 2.45) is 11.8 Å². The van der Waals surface area contributed by atoms with Crippen molar-refractivity contribution in [2.75, 3.05) is 13.1 Å². The molecule has 1 aliphatic heterocycles. The molecule has 1 heterocycles. The SMILES string of the molecule is O=C1CCC(c2cccc(Cl)c2)(c2cccc(Cl)c2)C2CN(C(=O)Cc3ccccc3)CC12. The molecule has 3 aromatic carbocycles. The van der Waals surface area contributed by atoms with Gasteiger partial charge in [-0.25, -0.2) is 0 Å². The van der Waals surface area contributed by atoms with E-state index >= 15 is 0 Å². The minimum Gasteiger partial charge on any atom is -0.341 e. The summed E-state index contributed by atoms with van der Waals surface area (Å²) in [5.74, 6) is 0.0797. The van der Waals surface area contributed by atoms with Crippen LogP contribution in [0.4, 0.5) is 0 Å². The third-order valence-electron chi connectivity index (χ3n) is 7.36. The maximum absolute atomic E-state index is 13.2. The van der Waals surface area contributed by atoms with E-state index in [-0.39, 0.29) is 23.5 Å².